The topological polar surface area (TPSA) is 35.5 Å². The predicted octanol–water partition coefficient (Wildman–Crippen LogP) is 2.93. The smallest absolute Gasteiger partial charge is 0.168 e. The molecule has 1 aliphatic rings. The number of methoxy groups -OCH3 is 2. The number of Topliss-reactive ketones (excluding diaryl/α,β-unsaturated/α-hetero) is 1. The largest absolute Gasteiger partial charge is 0.353 e. The van der Waals surface area contributed by atoms with Gasteiger partial charge in [-0.2, -0.15) is 0 Å². The van der Waals surface area contributed by atoms with Crippen molar-refractivity contribution >= 4 is 5.78 Å². The van der Waals surface area contributed by atoms with Crippen LogP contribution < -0.4 is 0 Å². The molecule has 1 fully saturated rings. The standard InChI is InChI=1S/C13H24O3/c1-4-5-6-7-11-10-13(15-2,16-3)9-8-12(11)14/h11H,4-10H2,1-3H3. The zero-order chi connectivity index (χ0) is 12.0. The Morgan fingerprint density at radius 3 is 2.56 bits per heavy atom. The molecule has 0 amide bonds. The van der Waals surface area contributed by atoms with Crippen molar-refractivity contribution in [3.63, 3.8) is 0 Å². The molecule has 0 N–H and O–H groups in total. The molecule has 1 rings (SSSR count). The van der Waals surface area contributed by atoms with Gasteiger partial charge in [0.2, 0.25) is 0 Å². The summed E-state index contributed by atoms with van der Waals surface area (Å²) in [6.45, 7) is 2.18. The van der Waals surface area contributed by atoms with Gasteiger partial charge in [-0.1, -0.05) is 26.2 Å². The highest BCUT2D eigenvalue weighted by molar-refractivity contribution is 5.81. The number of ketones is 1. The zero-order valence-electron chi connectivity index (χ0n) is 10.8. The lowest BCUT2D eigenvalue weighted by Gasteiger charge is -2.37. The monoisotopic (exact) mass is 228 g/mol. The molecule has 0 radical (unpaired) electrons. The molecule has 0 aromatic carbocycles. The number of carbonyl (C=O) groups excluding carboxylic acids is 1. The van der Waals surface area contributed by atoms with Gasteiger partial charge < -0.3 is 9.47 Å². The molecule has 0 aromatic rings. The van der Waals surface area contributed by atoms with Gasteiger partial charge in [0.15, 0.2) is 5.79 Å². The van der Waals surface area contributed by atoms with E-state index in [1.54, 1.807) is 14.2 Å². The summed E-state index contributed by atoms with van der Waals surface area (Å²) in [6, 6.07) is 0. The van der Waals surface area contributed by atoms with Crippen molar-refractivity contribution in [1.82, 2.24) is 0 Å². The normalized spacial score (nSPS) is 24.7. The van der Waals surface area contributed by atoms with Crippen LogP contribution in [0.15, 0.2) is 0 Å². The second-order valence-electron chi connectivity index (χ2n) is 4.68. The van der Waals surface area contributed by atoms with Crippen LogP contribution in [0.3, 0.4) is 0 Å². The fraction of sp³-hybridized carbons (Fsp3) is 0.923. The number of rotatable bonds is 6. The summed E-state index contributed by atoms with van der Waals surface area (Å²) in [5, 5.41) is 0. The lowest BCUT2D eigenvalue weighted by Crippen LogP contribution is -2.42. The van der Waals surface area contributed by atoms with Gasteiger partial charge in [-0.15, -0.1) is 0 Å². The maximum absolute atomic E-state index is 11.8. The minimum atomic E-state index is -0.509. The van der Waals surface area contributed by atoms with Crippen molar-refractivity contribution in [2.75, 3.05) is 14.2 Å². The Bertz CT molecular complexity index is 221. The Kier molecular flexibility index (Phi) is 5.42. The van der Waals surface area contributed by atoms with E-state index in [-0.39, 0.29) is 5.92 Å². The van der Waals surface area contributed by atoms with E-state index in [1.165, 1.54) is 12.8 Å². The molecule has 0 heterocycles. The molecule has 3 heteroatoms. The van der Waals surface area contributed by atoms with Crippen molar-refractivity contribution in [3.05, 3.63) is 0 Å². The number of hydrogen-bond donors (Lipinski definition) is 0. The Hall–Kier alpha value is -0.410. The molecule has 0 spiro atoms. The first-order valence-corrected chi connectivity index (χ1v) is 6.30. The highest BCUT2D eigenvalue weighted by atomic mass is 16.7. The zero-order valence-corrected chi connectivity index (χ0v) is 10.8. The quantitative estimate of drug-likeness (QED) is 0.518. The van der Waals surface area contributed by atoms with Crippen LogP contribution in [0.2, 0.25) is 0 Å². The fourth-order valence-electron chi connectivity index (χ4n) is 2.47. The molecule has 0 bridgehead atoms. The van der Waals surface area contributed by atoms with Gasteiger partial charge >= 0.3 is 0 Å². The van der Waals surface area contributed by atoms with Crippen molar-refractivity contribution in [2.24, 2.45) is 5.92 Å². The van der Waals surface area contributed by atoms with Crippen LogP contribution in [-0.2, 0) is 14.3 Å². The van der Waals surface area contributed by atoms with Gasteiger partial charge in [-0.05, 0) is 6.42 Å². The van der Waals surface area contributed by atoms with Crippen LogP contribution in [0.25, 0.3) is 0 Å². The van der Waals surface area contributed by atoms with E-state index in [0.29, 0.717) is 18.6 Å². The van der Waals surface area contributed by atoms with Crippen molar-refractivity contribution in [1.29, 1.82) is 0 Å². The van der Waals surface area contributed by atoms with E-state index in [0.717, 1.165) is 19.3 Å². The van der Waals surface area contributed by atoms with Gasteiger partial charge in [-0.3, -0.25) is 4.79 Å². The van der Waals surface area contributed by atoms with Crippen LogP contribution in [-0.4, -0.2) is 25.8 Å². The third-order valence-electron chi connectivity index (χ3n) is 3.67. The molecule has 0 aliphatic heterocycles. The van der Waals surface area contributed by atoms with Crippen molar-refractivity contribution in [2.45, 2.75) is 57.7 Å². The molecule has 0 saturated heterocycles. The average molecular weight is 228 g/mol. The van der Waals surface area contributed by atoms with E-state index >= 15 is 0 Å². The van der Waals surface area contributed by atoms with E-state index in [1.807, 2.05) is 0 Å². The van der Waals surface area contributed by atoms with Crippen LogP contribution in [0, 0.1) is 5.92 Å². The first-order chi connectivity index (χ1) is 7.67. The number of ether oxygens (including phenoxy) is 2. The van der Waals surface area contributed by atoms with E-state index in [9.17, 15) is 4.79 Å². The third-order valence-corrected chi connectivity index (χ3v) is 3.67. The van der Waals surface area contributed by atoms with Gasteiger partial charge in [0.25, 0.3) is 0 Å². The Morgan fingerprint density at radius 1 is 1.31 bits per heavy atom. The van der Waals surface area contributed by atoms with E-state index in [4.69, 9.17) is 9.47 Å². The summed E-state index contributed by atoms with van der Waals surface area (Å²) in [5.74, 6) is 0.0196. The Morgan fingerprint density at radius 2 is 2.00 bits per heavy atom. The Balaban J connectivity index is 2.50. The number of carbonyl (C=O) groups is 1. The van der Waals surface area contributed by atoms with Crippen LogP contribution in [0.4, 0.5) is 0 Å². The van der Waals surface area contributed by atoms with E-state index in [2.05, 4.69) is 6.92 Å². The molecule has 16 heavy (non-hydrogen) atoms. The maximum atomic E-state index is 11.8. The SMILES string of the molecule is CCCCCC1CC(OC)(OC)CCC1=O. The summed E-state index contributed by atoms with van der Waals surface area (Å²) in [5.41, 5.74) is 0. The molecule has 3 nitrogen and oxygen atoms in total. The third kappa shape index (κ3) is 3.29. The van der Waals surface area contributed by atoms with Crippen LogP contribution in [0.5, 0.6) is 0 Å². The summed E-state index contributed by atoms with van der Waals surface area (Å²) in [7, 11) is 3.34. The van der Waals surface area contributed by atoms with E-state index < -0.39 is 5.79 Å². The minimum absolute atomic E-state index is 0.139. The van der Waals surface area contributed by atoms with Gasteiger partial charge in [0.1, 0.15) is 5.78 Å². The highest BCUT2D eigenvalue weighted by Gasteiger charge is 2.40. The van der Waals surface area contributed by atoms with Crippen molar-refractivity contribution < 1.29 is 14.3 Å². The second kappa shape index (κ2) is 6.36. The summed E-state index contributed by atoms with van der Waals surface area (Å²) in [6.07, 6.45) is 6.54. The van der Waals surface area contributed by atoms with Gasteiger partial charge in [0.05, 0.1) is 0 Å². The van der Waals surface area contributed by atoms with Crippen LogP contribution in [0.1, 0.15) is 51.9 Å². The molecule has 1 unspecified atom stereocenters. The molecule has 0 aromatic heterocycles. The molecule has 1 atom stereocenters. The maximum Gasteiger partial charge on any atom is 0.168 e. The molecule has 1 aliphatic carbocycles. The number of unbranched alkanes of at least 4 members (excludes halogenated alkanes) is 2. The molecule has 1 saturated carbocycles. The molecular weight excluding hydrogens is 204 g/mol. The Labute approximate surface area is 98.5 Å². The summed E-state index contributed by atoms with van der Waals surface area (Å²) < 4.78 is 10.9. The van der Waals surface area contributed by atoms with Crippen molar-refractivity contribution in [3.8, 4) is 0 Å². The first kappa shape index (κ1) is 13.7. The van der Waals surface area contributed by atoms with Gasteiger partial charge in [-0.25, -0.2) is 0 Å². The molecular formula is C13H24O3. The van der Waals surface area contributed by atoms with Crippen LogP contribution >= 0.6 is 0 Å². The summed E-state index contributed by atoms with van der Waals surface area (Å²) >= 11 is 0. The predicted molar refractivity (Wildman–Crippen MR) is 63.2 cm³/mol. The summed E-state index contributed by atoms with van der Waals surface area (Å²) in [4.78, 5) is 11.8. The lowest BCUT2D eigenvalue weighted by molar-refractivity contribution is -0.229. The first-order valence-electron chi connectivity index (χ1n) is 6.30. The molecule has 94 valence electrons. The second-order valence-corrected chi connectivity index (χ2v) is 4.68. The fourth-order valence-corrected chi connectivity index (χ4v) is 2.47. The highest BCUT2D eigenvalue weighted by Crippen LogP contribution is 2.35. The van der Waals surface area contributed by atoms with Gasteiger partial charge in [0, 0.05) is 39.4 Å². The number of hydrogen-bond acceptors (Lipinski definition) is 3. The lowest BCUT2D eigenvalue weighted by atomic mass is 9.80. The minimum Gasteiger partial charge on any atom is -0.353 e. The average Bonchev–Trinajstić information content (AvgIpc) is 2.32.